The molecule has 0 aromatic heterocycles. The van der Waals surface area contributed by atoms with Gasteiger partial charge in [-0.05, 0) is 84.9 Å². The minimum Gasteiger partial charge on any atom is -0.545 e. The van der Waals surface area contributed by atoms with Crippen molar-refractivity contribution in [1.29, 1.82) is 0 Å². The molecular formula is C40H32O4S2. The molecule has 228 valence electrons. The zero-order valence-electron chi connectivity index (χ0n) is 24.9. The molecule has 0 fully saturated rings. The van der Waals surface area contributed by atoms with Crippen LogP contribution in [0.5, 0.6) is 0 Å². The predicted molar refractivity (Wildman–Crippen MR) is 182 cm³/mol. The Labute approximate surface area is 276 Å². The number of carbonyl (C=O) groups is 2. The number of hydrogen-bond donors (Lipinski definition) is 0. The van der Waals surface area contributed by atoms with E-state index in [1.165, 1.54) is 29.4 Å². The van der Waals surface area contributed by atoms with Gasteiger partial charge in [0.2, 0.25) is 0 Å². The maximum atomic E-state index is 9.41. The van der Waals surface area contributed by atoms with Crippen molar-refractivity contribution < 1.29 is 19.8 Å². The van der Waals surface area contributed by atoms with E-state index in [2.05, 4.69) is 182 Å². The SMILES string of the molecule is O=C([O-])/C=C/C(=O)[O-].c1ccc([S+](c2ccccc2)c2ccccc2)cc1.c1ccc([S+](c2ccccc2)c2ccccc2)cc1. The number of rotatable bonds is 8. The van der Waals surface area contributed by atoms with Gasteiger partial charge in [0.05, 0.1) is 33.7 Å². The first-order chi connectivity index (χ1) is 22.5. The molecule has 6 aromatic carbocycles. The van der Waals surface area contributed by atoms with Crippen LogP contribution in [-0.4, -0.2) is 11.9 Å². The van der Waals surface area contributed by atoms with E-state index in [9.17, 15) is 19.8 Å². The van der Waals surface area contributed by atoms with Crippen molar-refractivity contribution in [3.8, 4) is 0 Å². The largest absolute Gasteiger partial charge is 0.545 e. The molecule has 0 atom stereocenters. The van der Waals surface area contributed by atoms with Crippen LogP contribution >= 0.6 is 0 Å². The van der Waals surface area contributed by atoms with Crippen LogP contribution in [-0.2, 0) is 31.4 Å². The Bertz CT molecular complexity index is 1440. The van der Waals surface area contributed by atoms with Crippen molar-refractivity contribution in [2.24, 2.45) is 0 Å². The Balaban J connectivity index is 0.000000170. The average Bonchev–Trinajstić information content (AvgIpc) is 3.11. The van der Waals surface area contributed by atoms with Crippen LogP contribution in [0.25, 0.3) is 0 Å². The fourth-order valence-electron chi connectivity index (χ4n) is 4.29. The number of hydrogen-bond acceptors (Lipinski definition) is 4. The molecule has 6 heteroatoms. The molecule has 0 spiro atoms. The first kappa shape index (κ1) is 33.6. The average molecular weight is 641 g/mol. The van der Waals surface area contributed by atoms with E-state index in [1.807, 2.05) is 0 Å². The molecule has 6 rings (SSSR count). The van der Waals surface area contributed by atoms with Crippen LogP contribution in [0.4, 0.5) is 0 Å². The van der Waals surface area contributed by atoms with Gasteiger partial charge in [-0.15, -0.1) is 0 Å². The second kappa shape index (κ2) is 18.5. The number of aliphatic carboxylic acids is 2. The molecule has 0 heterocycles. The lowest BCUT2D eigenvalue weighted by Gasteiger charge is -2.07. The summed E-state index contributed by atoms with van der Waals surface area (Å²) in [5.74, 6) is -3.09. The van der Waals surface area contributed by atoms with E-state index in [4.69, 9.17) is 0 Å². The second-order valence-electron chi connectivity index (χ2n) is 9.46. The fraction of sp³-hybridized carbons (Fsp3) is 0. The first-order valence-electron chi connectivity index (χ1n) is 14.4. The molecule has 0 saturated carbocycles. The van der Waals surface area contributed by atoms with Gasteiger partial charge in [-0.2, -0.15) is 0 Å². The highest BCUT2D eigenvalue weighted by molar-refractivity contribution is 7.97. The Morgan fingerprint density at radius 3 is 0.609 bits per heavy atom. The van der Waals surface area contributed by atoms with Crippen LogP contribution in [0, 0.1) is 0 Å². The molecule has 0 bridgehead atoms. The third-order valence-corrected chi connectivity index (χ3v) is 10.7. The Morgan fingerprint density at radius 2 is 0.478 bits per heavy atom. The molecule has 0 saturated heterocycles. The predicted octanol–water partition coefficient (Wildman–Crippen LogP) is 6.61. The number of carbonyl (C=O) groups excluding carboxylic acids is 2. The summed E-state index contributed by atoms with van der Waals surface area (Å²) in [6.45, 7) is 0. The maximum Gasteiger partial charge on any atom is 0.166 e. The van der Waals surface area contributed by atoms with Crippen molar-refractivity contribution in [2.45, 2.75) is 29.4 Å². The van der Waals surface area contributed by atoms with Crippen molar-refractivity contribution in [1.82, 2.24) is 0 Å². The van der Waals surface area contributed by atoms with Crippen LogP contribution in [0.15, 0.2) is 224 Å². The summed E-state index contributed by atoms with van der Waals surface area (Å²) in [7, 11) is -0.0293. The molecule has 6 aromatic rings. The highest BCUT2D eigenvalue weighted by Crippen LogP contribution is 2.31. The minimum atomic E-state index is -1.55. The standard InChI is InChI=1S/2C18H15S.C4H4O4/c2*1-4-10-16(11-5-1)19(17-12-6-2-7-13-17)18-14-8-3-9-15-18;5-3(6)1-2-4(7)8/h2*1-15H;1-2H,(H,5,6)(H,7,8)/q2*+1;/p-2/b;;2-1+. The van der Waals surface area contributed by atoms with E-state index in [-0.39, 0.29) is 21.8 Å². The first-order valence-corrected chi connectivity index (χ1v) is 16.9. The normalized spacial score (nSPS) is 10.4. The van der Waals surface area contributed by atoms with Crippen molar-refractivity contribution in [3.05, 3.63) is 194 Å². The van der Waals surface area contributed by atoms with Gasteiger partial charge in [-0.25, -0.2) is 0 Å². The molecule has 4 nitrogen and oxygen atoms in total. The smallest absolute Gasteiger partial charge is 0.166 e. The van der Waals surface area contributed by atoms with Crippen LogP contribution < -0.4 is 10.2 Å². The maximum absolute atomic E-state index is 9.41. The molecular weight excluding hydrogens is 609 g/mol. The summed E-state index contributed by atoms with van der Waals surface area (Å²) in [4.78, 5) is 27.0. The summed E-state index contributed by atoms with van der Waals surface area (Å²) in [5.41, 5.74) is 0. The van der Waals surface area contributed by atoms with E-state index in [0.29, 0.717) is 12.2 Å². The molecule has 46 heavy (non-hydrogen) atoms. The van der Waals surface area contributed by atoms with Gasteiger partial charge >= 0.3 is 0 Å². The van der Waals surface area contributed by atoms with Crippen molar-refractivity contribution in [2.75, 3.05) is 0 Å². The summed E-state index contributed by atoms with van der Waals surface area (Å²) in [5, 5.41) is 18.8. The lowest BCUT2D eigenvalue weighted by atomic mass is 10.4. The van der Waals surface area contributed by atoms with E-state index >= 15 is 0 Å². The summed E-state index contributed by atoms with van der Waals surface area (Å²) in [6.07, 6.45) is 0.769. The number of carboxylic acids is 2. The highest BCUT2D eigenvalue weighted by atomic mass is 32.2. The monoisotopic (exact) mass is 640 g/mol. The molecule has 0 N–H and O–H groups in total. The molecule has 0 aliphatic heterocycles. The zero-order chi connectivity index (χ0) is 32.4. The Hall–Kier alpha value is -5.30. The minimum absolute atomic E-state index is 0.0146. The zero-order valence-corrected chi connectivity index (χ0v) is 26.6. The van der Waals surface area contributed by atoms with Crippen LogP contribution in [0.3, 0.4) is 0 Å². The lowest BCUT2D eigenvalue weighted by molar-refractivity contribution is -0.301. The Morgan fingerprint density at radius 1 is 0.326 bits per heavy atom. The molecule has 0 aliphatic rings. The number of benzene rings is 6. The highest BCUT2D eigenvalue weighted by Gasteiger charge is 2.28. The van der Waals surface area contributed by atoms with Gasteiger partial charge in [0, 0.05) is 0 Å². The third-order valence-electron chi connectivity index (χ3n) is 6.23. The van der Waals surface area contributed by atoms with Crippen LogP contribution in [0.1, 0.15) is 0 Å². The third kappa shape index (κ3) is 10.7. The molecule has 0 radical (unpaired) electrons. The van der Waals surface area contributed by atoms with E-state index < -0.39 is 11.9 Å². The number of carboxylic acid groups (broad SMARTS) is 2. The molecule has 0 amide bonds. The van der Waals surface area contributed by atoms with E-state index in [1.54, 1.807) is 0 Å². The van der Waals surface area contributed by atoms with Crippen LogP contribution in [0.2, 0.25) is 0 Å². The fourth-order valence-corrected chi connectivity index (χ4v) is 8.50. The van der Waals surface area contributed by atoms with Gasteiger partial charge in [0.15, 0.2) is 29.4 Å². The van der Waals surface area contributed by atoms with Gasteiger partial charge in [-0.1, -0.05) is 109 Å². The lowest BCUT2D eigenvalue weighted by Crippen LogP contribution is -2.23. The van der Waals surface area contributed by atoms with Crippen molar-refractivity contribution in [3.63, 3.8) is 0 Å². The van der Waals surface area contributed by atoms with Gasteiger partial charge in [0.25, 0.3) is 0 Å². The summed E-state index contributed by atoms with van der Waals surface area (Å²) >= 11 is 0. The van der Waals surface area contributed by atoms with Gasteiger partial charge in [-0.3, -0.25) is 0 Å². The second-order valence-corrected chi connectivity index (χ2v) is 13.5. The van der Waals surface area contributed by atoms with Crippen molar-refractivity contribution >= 4 is 33.7 Å². The molecule has 0 aliphatic carbocycles. The van der Waals surface area contributed by atoms with Gasteiger partial charge in [0.1, 0.15) is 0 Å². The topological polar surface area (TPSA) is 80.3 Å². The quantitative estimate of drug-likeness (QED) is 0.139. The van der Waals surface area contributed by atoms with Gasteiger partial charge < -0.3 is 19.8 Å². The molecule has 0 unspecified atom stereocenters. The Kier molecular flexibility index (Phi) is 13.5. The summed E-state index contributed by atoms with van der Waals surface area (Å²) < 4.78 is 0. The summed E-state index contributed by atoms with van der Waals surface area (Å²) in [6, 6.07) is 64.3. The van der Waals surface area contributed by atoms with E-state index in [0.717, 1.165) is 0 Å².